The topological polar surface area (TPSA) is 49.3 Å². The molecular weight excluding hydrogens is 329 g/mol. The minimum atomic E-state index is -0.499. The number of rotatable bonds is 4. The van der Waals surface area contributed by atoms with Crippen LogP contribution in [0.3, 0.4) is 0 Å². The Morgan fingerprint density at radius 1 is 1.47 bits per heavy atom. The van der Waals surface area contributed by atoms with Gasteiger partial charge in [0.2, 0.25) is 0 Å². The summed E-state index contributed by atoms with van der Waals surface area (Å²) in [6, 6.07) is 5.64. The molecule has 1 aromatic rings. The van der Waals surface area contributed by atoms with Gasteiger partial charge in [-0.3, -0.25) is 4.79 Å². The molecule has 1 unspecified atom stereocenters. The molecule has 1 amide bonds. The van der Waals surface area contributed by atoms with Gasteiger partial charge in [-0.2, -0.15) is 0 Å². The van der Waals surface area contributed by atoms with E-state index in [2.05, 4.69) is 27.9 Å². The summed E-state index contributed by atoms with van der Waals surface area (Å²) in [6.45, 7) is 6.11. The molecule has 4 heteroatoms. The quantitative estimate of drug-likeness (QED) is 0.822. The summed E-state index contributed by atoms with van der Waals surface area (Å²) >= 11 is 2.17. The monoisotopic (exact) mass is 347 g/mol. The van der Waals surface area contributed by atoms with E-state index in [1.807, 2.05) is 32.9 Å². The van der Waals surface area contributed by atoms with E-state index in [-0.39, 0.29) is 11.8 Å². The number of nitrogens with one attached hydrogen (secondary N) is 1. The molecule has 0 bridgehead atoms. The Hall–Kier alpha value is -0.620. The molecule has 1 aromatic carbocycles. The van der Waals surface area contributed by atoms with Crippen molar-refractivity contribution in [1.29, 1.82) is 0 Å². The van der Waals surface area contributed by atoms with Gasteiger partial charge in [0.05, 0.1) is 11.7 Å². The molecule has 2 N–H and O–H groups in total. The highest BCUT2D eigenvalue weighted by molar-refractivity contribution is 14.1. The van der Waals surface area contributed by atoms with E-state index in [0.29, 0.717) is 12.1 Å². The molecule has 0 fully saturated rings. The molecular formula is C13H18INO2. The first kappa shape index (κ1) is 14.4. The summed E-state index contributed by atoms with van der Waals surface area (Å²) < 4.78 is 0.960. The van der Waals surface area contributed by atoms with Crippen LogP contribution in [0, 0.1) is 16.4 Å². The Kier molecular flexibility index (Phi) is 5.39. The molecule has 0 aliphatic rings. The first-order valence-electron chi connectivity index (χ1n) is 5.65. The summed E-state index contributed by atoms with van der Waals surface area (Å²) in [7, 11) is 0. The minimum absolute atomic E-state index is 0.127. The number of carbonyl (C=O) groups excluding carboxylic acids is 1. The van der Waals surface area contributed by atoms with Crippen LogP contribution in [0.15, 0.2) is 18.2 Å². The minimum Gasteiger partial charge on any atom is -0.391 e. The average Bonchev–Trinajstić information content (AvgIpc) is 2.29. The molecule has 3 nitrogen and oxygen atoms in total. The molecule has 17 heavy (non-hydrogen) atoms. The summed E-state index contributed by atoms with van der Waals surface area (Å²) in [5, 5.41) is 12.4. The van der Waals surface area contributed by atoms with Crippen molar-refractivity contribution >= 4 is 28.5 Å². The Morgan fingerprint density at radius 3 is 2.71 bits per heavy atom. The van der Waals surface area contributed by atoms with Crippen molar-refractivity contribution in [3.8, 4) is 0 Å². The molecule has 0 spiro atoms. The molecule has 0 saturated heterocycles. The van der Waals surface area contributed by atoms with E-state index in [1.165, 1.54) is 0 Å². The lowest BCUT2D eigenvalue weighted by atomic mass is 10.1. The van der Waals surface area contributed by atoms with E-state index >= 15 is 0 Å². The average molecular weight is 347 g/mol. The fourth-order valence-corrected chi connectivity index (χ4v) is 1.96. The molecule has 0 aliphatic heterocycles. The number of amides is 1. The molecule has 0 aromatic heterocycles. The van der Waals surface area contributed by atoms with Crippen LogP contribution in [0.1, 0.15) is 29.8 Å². The van der Waals surface area contributed by atoms with Gasteiger partial charge < -0.3 is 10.4 Å². The molecule has 94 valence electrons. The molecule has 0 radical (unpaired) electrons. The molecule has 1 rings (SSSR count). The fourth-order valence-electron chi connectivity index (χ4n) is 1.35. The Bertz CT molecular complexity index is 404. The fraction of sp³-hybridized carbons (Fsp3) is 0.462. The van der Waals surface area contributed by atoms with Gasteiger partial charge in [0, 0.05) is 10.1 Å². The summed E-state index contributed by atoms with van der Waals surface area (Å²) in [4.78, 5) is 11.9. The third-order valence-corrected chi connectivity index (χ3v) is 4.11. The van der Waals surface area contributed by atoms with Gasteiger partial charge >= 0.3 is 0 Å². The van der Waals surface area contributed by atoms with Crippen LogP contribution in [0.2, 0.25) is 0 Å². The van der Waals surface area contributed by atoms with Crippen molar-refractivity contribution in [3.05, 3.63) is 32.9 Å². The van der Waals surface area contributed by atoms with Crippen molar-refractivity contribution in [3.63, 3.8) is 0 Å². The van der Waals surface area contributed by atoms with Gasteiger partial charge in [-0.05, 0) is 47.1 Å². The zero-order chi connectivity index (χ0) is 13.0. The normalized spacial score (nSPS) is 12.6. The number of aliphatic hydroxyl groups is 1. The van der Waals surface area contributed by atoms with E-state index in [9.17, 15) is 9.90 Å². The first-order chi connectivity index (χ1) is 7.93. The number of aryl methyl sites for hydroxylation is 1. The summed E-state index contributed by atoms with van der Waals surface area (Å²) in [5.41, 5.74) is 1.75. The van der Waals surface area contributed by atoms with Gasteiger partial charge in [0.1, 0.15) is 0 Å². The predicted octanol–water partition coefficient (Wildman–Crippen LogP) is 2.35. The van der Waals surface area contributed by atoms with Gasteiger partial charge in [0.15, 0.2) is 0 Å². The standard InChI is InChI=1S/C13H18INO2/c1-8(2)11(16)7-15-13(17)10-6-4-5-9(3)12(10)14/h4-6,8,11,16H,7H2,1-3H3,(H,15,17). The third kappa shape index (κ3) is 3.96. The number of hydrogen-bond donors (Lipinski definition) is 2. The number of benzene rings is 1. The van der Waals surface area contributed by atoms with Gasteiger partial charge in [0.25, 0.3) is 5.91 Å². The highest BCUT2D eigenvalue weighted by atomic mass is 127. The number of carbonyl (C=O) groups is 1. The Morgan fingerprint density at radius 2 is 2.12 bits per heavy atom. The van der Waals surface area contributed by atoms with Gasteiger partial charge in [-0.1, -0.05) is 26.0 Å². The highest BCUT2D eigenvalue weighted by Crippen LogP contribution is 2.16. The van der Waals surface area contributed by atoms with Crippen LogP contribution >= 0.6 is 22.6 Å². The van der Waals surface area contributed by atoms with Gasteiger partial charge in [-0.15, -0.1) is 0 Å². The van der Waals surface area contributed by atoms with Crippen LogP contribution < -0.4 is 5.32 Å². The smallest absolute Gasteiger partial charge is 0.252 e. The number of hydrogen-bond acceptors (Lipinski definition) is 2. The van der Waals surface area contributed by atoms with Crippen LogP contribution in [0.25, 0.3) is 0 Å². The van der Waals surface area contributed by atoms with Gasteiger partial charge in [-0.25, -0.2) is 0 Å². The zero-order valence-corrected chi connectivity index (χ0v) is 12.5. The second-order valence-corrected chi connectivity index (χ2v) is 5.54. The molecule has 0 heterocycles. The molecule has 0 aliphatic carbocycles. The zero-order valence-electron chi connectivity index (χ0n) is 10.3. The van der Waals surface area contributed by atoms with E-state index in [1.54, 1.807) is 6.07 Å². The Balaban J connectivity index is 2.68. The van der Waals surface area contributed by atoms with E-state index in [4.69, 9.17) is 0 Å². The maximum absolute atomic E-state index is 11.9. The number of aliphatic hydroxyl groups excluding tert-OH is 1. The summed E-state index contributed by atoms with van der Waals surface area (Å²) in [5.74, 6) is 0.0182. The number of halogens is 1. The van der Waals surface area contributed by atoms with Crippen molar-refractivity contribution in [2.24, 2.45) is 5.92 Å². The molecule has 0 saturated carbocycles. The lowest BCUT2D eigenvalue weighted by Gasteiger charge is -2.15. The summed E-state index contributed by atoms with van der Waals surface area (Å²) in [6.07, 6.45) is -0.499. The van der Waals surface area contributed by atoms with Crippen LogP contribution in [0.5, 0.6) is 0 Å². The SMILES string of the molecule is Cc1cccc(C(=O)NCC(O)C(C)C)c1I. The van der Waals surface area contributed by atoms with Crippen molar-refractivity contribution in [2.45, 2.75) is 26.9 Å². The van der Waals surface area contributed by atoms with Crippen LogP contribution in [-0.4, -0.2) is 23.7 Å². The second kappa shape index (κ2) is 6.35. The maximum Gasteiger partial charge on any atom is 0.252 e. The largest absolute Gasteiger partial charge is 0.391 e. The second-order valence-electron chi connectivity index (χ2n) is 4.46. The lowest BCUT2D eigenvalue weighted by Crippen LogP contribution is -2.35. The predicted molar refractivity (Wildman–Crippen MR) is 77.1 cm³/mol. The van der Waals surface area contributed by atoms with Crippen LogP contribution in [-0.2, 0) is 0 Å². The maximum atomic E-state index is 11.9. The lowest BCUT2D eigenvalue weighted by molar-refractivity contribution is 0.0870. The Labute approximate surface area is 116 Å². The van der Waals surface area contributed by atoms with Crippen molar-refractivity contribution in [1.82, 2.24) is 5.32 Å². The van der Waals surface area contributed by atoms with Crippen molar-refractivity contribution < 1.29 is 9.90 Å². The van der Waals surface area contributed by atoms with E-state index in [0.717, 1.165) is 9.13 Å². The third-order valence-electron chi connectivity index (χ3n) is 2.68. The molecule has 1 atom stereocenters. The van der Waals surface area contributed by atoms with Crippen LogP contribution in [0.4, 0.5) is 0 Å². The first-order valence-corrected chi connectivity index (χ1v) is 6.72. The van der Waals surface area contributed by atoms with E-state index < -0.39 is 6.10 Å². The highest BCUT2D eigenvalue weighted by Gasteiger charge is 2.14. The van der Waals surface area contributed by atoms with Crippen molar-refractivity contribution in [2.75, 3.05) is 6.54 Å².